The summed E-state index contributed by atoms with van der Waals surface area (Å²) in [6.07, 6.45) is 2.03. The summed E-state index contributed by atoms with van der Waals surface area (Å²) in [6, 6.07) is 0. The number of hydrogen-bond acceptors (Lipinski definition) is 7. The Bertz CT molecular complexity index is 936. The van der Waals surface area contributed by atoms with Crippen LogP contribution in [0.5, 0.6) is 0 Å². The summed E-state index contributed by atoms with van der Waals surface area (Å²) in [5.41, 5.74) is -0.401. The number of aliphatic hydroxyl groups is 1. The van der Waals surface area contributed by atoms with Gasteiger partial charge in [0.1, 0.15) is 18.3 Å². The van der Waals surface area contributed by atoms with Crippen LogP contribution >= 0.6 is 0 Å². The van der Waals surface area contributed by atoms with E-state index >= 15 is 0 Å². The first-order chi connectivity index (χ1) is 14.3. The molecule has 3 aliphatic rings. The van der Waals surface area contributed by atoms with Gasteiger partial charge in [0.2, 0.25) is 0 Å². The van der Waals surface area contributed by atoms with Gasteiger partial charge in [-0.2, -0.15) is 0 Å². The Morgan fingerprint density at radius 1 is 1.10 bits per heavy atom. The van der Waals surface area contributed by atoms with Crippen molar-refractivity contribution in [1.29, 1.82) is 0 Å². The molecule has 0 saturated heterocycles. The standard InChI is InChI=1S/C24H30O7/c1-12-18(30-13(2)25)10-16-19(31-14(3)26)9-15-11-24(6,8-7-17(15)27)22(29)21(28)20(12)23(16,4)5/h7-9,16,18-19,21,28H,10-11H2,1-6H3/b15-9+/t16-,18-,19+,21-,24+/m0/s1. The van der Waals surface area contributed by atoms with E-state index in [4.69, 9.17) is 9.47 Å². The highest BCUT2D eigenvalue weighted by atomic mass is 16.5. The molecule has 0 aromatic rings. The highest BCUT2D eigenvalue weighted by Crippen LogP contribution is 2.51. The predicted octanol–water partition coefficient (Wildman–Crippen LogP) is 2.62. The summed E-state index contributed by atoms with van der Waals surface area (Å²) in [5, 5.41) is 11.3. The van der Waals surface area contributed by atoms with Crippen molar-refractivity contribution in [3.8, 4) is 0 Å². The van der Waals surface area contributed by atoms with Gasteiger partial charge < -0.3 is 14.6 Å². The van der Waals surface area contributed by atoms with Gasteiger partial charge in [0.05, 0.1) is 5.41 Å². The number of allylic oxidation sites excluding steroid dienone is 3. The fourth-order valence-corrected chi connectivity index (χ4v) is 5.32. The SMILES string of the molecule is CC(=O)O[C@H]1C[C@H]2[C@H](OC(C)=O)/C=C3\C[C@@](C)(C=CC3=O)C(=O)[C@@H](O)C(=C1C)C2(C)C. The summed E-state index contributed by atoms with van der Waals surface area (Å²) >= 11 is 0. The summed E-state index contributed by atoms with van der Waals surface area (Å²) in [6.45, 7) is 9.79. The Hall–Kier alpha value is -2.54. The highest BCUT2D eigenvalue weighted by molar-refractivity contribution is 6.08. The largest absolute Gasteiger partial charge is 0.458 e. The molecule has 7 heteroatoms. The number of esters is 2. The minimum Gasteiger partial charge on any atom is -0.458 e. The van der Waals surface area contributed by atoms with E-state index < -0.39 is 52.8 Å². The topological polar surface area (TPSA) is 107 Å². The number of carbonyl (C=O) groups excluding carboxylic acids is 4. The van der Waals surface area contributed by atoms with Crippen molar-refractivity contribution < 1.29 is 33.8 Å². The molecule has 31 heavy (non-hydrogen) atoms. The van der Waals surface area contributed by atoms with Gasteiger partial charge in [0, 0.05) is 25.3 Å². The molecule has 7 nitrogen and oxygen atoms in total. The molecule has 0 aromatic carbocycles. The molecule has 168 valence electrons. The molecule has 0 saturated carbocycles. The van der Waals surface area contributed by atoms with Crippen LogP contribution in [0.25, 0.3) is 0 Å². The molecule has 5 atom stereocenters. The van der Waals surface area contributed by atoms with E-state index in [1.165, 1.54) is 26.0 Å². The van der Waals surface area contributed by atoms with Crippen LogP contribution in [-0.2, 0) is 28.7 Å². The number of ether oxygens (including phenoxy) is 2. The van der Waals surface area contributed by atoms with Crippen molar-refractivity contribution in [1.82, 2.24) is 0 Å². The molecule has 3 rings (SSSR count). The van der Waals surface area contributed by atoms with Crippen LogP contribution in [0.1, 0.15) is 54.4 Å². The van der Waals surface area contributed by atoms with Gasteiger partial charge in [0.25, 0.3) is 0 Å². The van der Waals surface area contributed by atoms with Gasteiger partial charge in [0.15, 0.2) is 11.6 Å². The molecule has 0 fully saturated rings. The minimum absolute atomic E-state index is 0.114. The second-order valence-corrected chi connectivity index (χ2v) is 9.58. The molecule has 0 spiro atoms. The summed E-state index contributed by atoms with van der Waals surface area (Å²) < 4.78 is 11.2. The number of hydrogen-bond donors (Lipinski definition) is 1. The third-order valence-electron chi connectivity index (χ3n) is 6.93. The average Bonchev–Trinajstić information content (AvgIpc) is 2.64. The lowest BCUT2D eigenvalue weighted by molar-refractivity contribution is -0.154. The molecule has 0 radical (unpaired) electrons. The minimum atomic E-state index is -1.45. The average molecular weight is 430 g/mol. The van der Waals surface area contributed by atoms with Crippen LogP contribution in [0, 0.1) is 16.7 Å². The maximum atomic E-state index is 13.5. The zero-order chi connectivity index (χ0) is 23.3. The highest BCUT2D eigenvalue weighted by Gasteiger charge is 2.52. The Labute approximate surface area is 182 Å². The van der Waals surface area contributed by atoms with Gasteiger partial charge >= 0.3 is 11.9 Å². The van der Waals surface area contributed by atoms with Crippen LogP contribution < -0.4 is 0 Å². The molecule has 0 unspecified atom stereocenters. The maximum Gasteiger partial charge on any atom is 0.303 e. The quantitative estimate of drug-likeness (QED) is 0.530. The summed E-state index contributed by atoms with van der Waals surface area (Å²) in [7, 11) is 0. The van der Waals surface area contributed by atoms with Crippen molar-refractivity contribution in [2.45, 2.75) is 72.7 Å². The molecular weight excluding hydrogens is 400 g/mol. The number of carbonyl (C=O) groups is 4. The smallest absolute Gasteiger partial charge is 0.303 e. The molecule has 4 bridgehead atoms. The van der Waals surface area contributed by atoms with E-state index in [0.717, 1.165) is 0 Å². The normalized spacial score (nSPS) is 36.4. The van der Waals surface area contributed by atoms with Crippen molar-refractivity contribution in [3.05, 3.63) is 34.9 Å². The summed E-state index contributed by atoms with van der Waals surface area (Å²) in [5.74, 6) is -2.10. The van der Waals surface area contributed by atoms with Crippen LogP contribution in [0.4, 0.5) is 0 Å². The van der Waals surface area contributed by atoms with Crippen LogP contribution in [0.3, 0.4) is 0 Å². The Morgan fingerprint density at radius 2 is 1.71 bits per heavy atom. The molecule has 0 aromatic heterocycles. The third kappa shape index (κ3) is 4.03. The first-order valence-electron chi connectivity index (χ1n) is 10.5. The molecule has 0 aliphatic heterocycles. The van der Waals surface area contributed by atoms with Crippen molar-refractivity contribution in [2.75, 3.05) is 0 Å². The van der Waals surface area contributed by atoms with Gasteiger partial charge in [-0.05, 0) is 55.4 Å². The maximum absolute atomic E-state index is 13.5. The molecule has 3 aliphatic carbocycles. The second-order valence-electron chi connectivity index (χ2n) is 9.58. The fourth-order valence-electron chi connectivity index (χ4n) is 5.32. The van der Waals surface area contributed by atoms with E-state index in [1.807, 2.05) is 13.8 Å². The zero-order valence-electron chi connectivity index (χ0n) is 18.9. The number of rotatable bonds is 2. The van der Waals surface area contributed by atoms with Crippen molar-refractivity contribution in [3.63, 3.8) is 0 Å². The molecule has 1 N–H and O–H groups in total. The van der Waals surface area contributed by atoms with Gasteiger partial charge in [-0.25, -0.2) is 0 Å². The van der Waals surface area contributed by atoms with Crippen molar-refractivity contribution >= 4 is 23.5 Å². The van der Waals surface area contributed by atoms with Crippen LogP contribution in [0.15, 0.2) is 34.9 Å². The van der Waals surface area contributed by atoms with Gasteiger partial charge in [-0.3, -0.25) is 19.2 Å². The van der Waals surface area contributed by atoms with E-state index in [9.17, 15) is 24.3 Å². The predicted molar refractivity (Wildman–Crippen MR) is 112 cm³/mol. The third-order valence-corrected chi connectivity index (χ3v) is 6.93. The number of ketones is 2. The van der Waals surface area contributed by atoms with Crippen LogP contribution in [0.2, 0.25) is 0 Å². The molecular formula is C24H30O7. The lowest BCUT2D eigenvalue weighted by Gasteiger charge is -2.49. The number of Topliss-reactive ketones (excluding diaryl/α,β-unsaturated/α-hetero) is 1. The lowest BCUT2D eigenvalue weighted by atomic mass is 9.58. The fraction of sp³-hybridized carbons (Fsp3) is 0.583. The van der Waals surface area contributed by atoms with E-state index in [-0.39, 0.29) is 12.2 Å². The van der Waals surface area contributed by atoms with E-state index in [1.54, 1.807) is 19.9 Å². The molecule has 0 amide bonds. The Morgan fingerprint density at radius 3 is 2.29 bits per heavy atom. The van der Waals surface area contributed by atoms with Crippen LogP contribution in [-0.4, -0.2) is 46.9 Å². The summed E-state index contributed by atoms with van der Waals surface area (Å²) in [4.78, 5) is 49.7. The van der Waals surface area contributed by atoms with Gasteiger partial charge in [-0.15, -0.1) is 0 Å². The van der Waals surface area contributed by atoms with Crippen molar-refractivity contribution in [2.24, 2.45) is 16.7 Å². The van der Waals surface area contributed by atoms with E-state index in [2.05, 4.69) is 0 Å². The lowest BCUT2D eigenvalue weighted by Crippen LogP contribution is -2.51. The number of aliphatic hydroxyl groups excluding tert-OH is 1. The Balaban J connectivity index is 2.30. The van der Waals surface area contributed by atoms with E-state index in [0.29, 0.717) is 23.1 Å². The zero-order valence-corrected chi connectivity index (χ0v) is 18.9. The first-order valence-corrected chi connectivity index (χ1v) is 10.5. The van der Waals surface area contributed by atoms with Gasteiger partial charge in [-0.1, -0.05) is 19.9 Å². The molecule has 0 heterocycles. The monoisotopic (exact) mass is 430 g/mol. The second kappa shape index (κ2) is 7.86. The Kier molecular flexibility index (Phi) is 5.86. The first kappa shape index (κ1) is 23.1. The number of fused-ring (bicyclic) bond motifs is 4.